The summed E-state index contributed by atoms with van der Waals surface area (Å²) in [4.78, 5) is 4.03. The van der Waals surface area contributed by atoms with Crippen molar-refractivity contribution in [2.75, 3.05) is 0 Å². The van der Waals surface area contributed by atoms with Gasteiger partial charge in [-0.2, -0.15) is 0 Å². The lowest BCUT2D eigenvalue weighted by Gasteiger charge is -2.31. The Morgan fingerprint density at radius 1 is 1.50 bits per heavy atom. The molecular formula is C10H14Cl2N2. The number of rotatable bonds is 2. The molecule has 1 aliphatic rings. The molecule has 78 valence electrons. The third-order valence-corrected chi connectivity index (χ3v) is 3.12. The molecule has 14 heavy (non-hydrogen) atoms. The van der Waals surface area contributed by atoms with Gasteiger partial charge >= 0.3 is 0 Å². The van der Waals surface area contributed by atoms with Gasteiger partial charge in [-0.15, -0.1) is 12.4 Å². The molecule has 0 aliphatic heterocycles. The van der Waals surface area contributed by atoms with E-state index in [4.69, 9.17) is 17.3 Å². The number of hydrogen-bond donors (Lipinski definition) is 1. The molecule has 1 saturated carbocycles. The van der Waals surface area contributed by atoms with Crippen LogP contribution in [0.2, 0.25) is 5.15 Å². The second kappa shape index (κ2) is 4.96. The summed E-state index contributed by atoms with van der Waals surface area (Å²) in [5, 5.41) is 0.557. The van der Waals surface area contributed by atoms with Crippen molar-refractivity contribution in [3.8, 4) is 0 Å². The van der Waals surface area contributed by atoms with Gasteiger partial charge in [-0.25, -0.2) is 4.98 Å². The maximum atomic E-state index is 6.08. The molecule has 0 bridgehead atoms. The van der Waals surface area contributed by atoms with E-state index in [2.05, 4.69) is 4.98 Å². The zero-order valence-corrected chi connectivity index (χ0v) is 9.39. The van der Waals surface area contributed by atoms with Crippen molar-refractivity contribution in [1.29, 1.82) is 0 Å². The van der Waals surface area contributed by atoms with Gasteiger partial charge in [0.2, 0.25) is 0 Å². The molecule has 1 aliphatic carbocycles. The fraction of sp³-hybridized carbons (Fsp3) is 0.500. The summed E-state index contributed by atoms with van der Waals surface area (Å²) in [7, 11) is 0. The molecule has 2 N–H and O–H groups in total. The molecule has 0 unspecified atom stereocenters. The van der Waals surface area contributed by atoms with Gasteiger partial charge in [0.1, 0.15) is 5.15 Å². The summed E-state index contributed by atoms with van der Waals surface area (Å²) in [6, 6.07) is 3.94. The average molecular weight is 233 g/mol. The summed E-state index contributed by atoms with van der Waals surface area (Å²) < 4.78 is 0. The van der Waals surface area contributed by atoms with Crippen LogP contribution in [0.15, 0.2) is 18.3 Å². The van der Waals surface area contributed by atoms with E-state index in [0.717, 1.165) is 5.56 Å². The molecule has 1 heterocycles. The number of aromatic nitrogens is 1. The Morgan fingerprint density at radius 2 is 2.21 bits per heavy atom. The van der Waals surface area contributed by atoms with Crippen molar-refractivity contribution in [2.45, 2.75) is 25.3 Å². The molecule has 4 heteroatoms. The number of pyridine rings is 1. The highest BCUT2D eigenvalue weighted by Crippen LogP contribution is 2.37. The van der Waals surface area contributed by atoms with Crippen LogP contribution in [0.5, 0.6) is 0 Å². The van der Waals surface area contributed by atoms with E-state index in [1.54, 1.807) is 6.20 Å². The third kappa shape index (κ3) is 2.19. The topological polar surface area (TPSA) is 38.9 Å². The fourth-order valence-corrected chi connectivity index (χ4v) is 1.95. The van der Waals surface area contributed by atoms with E-state index in [1.807, 2.05) is 12.1 Å². The van der Waals surface area contributed by atoms with Gasteiger partial charge in [-0.05, 0) is 24.8 Å². The van der Waals surface area contributed by atoms with Crippen LogP contribution in [0.25, 0.3) is 0 Å². The molecule has 1 fully saturated rings. The zero-order chi connectivity index (χ0) is 9.26. The van der Waals surface area contributed by atoms with E-state index in [0.29, 0.717) is 11.1 Å². The van der Waals surface area contributed by atoms with Gasteiger partial charge in [-0.1, -0.05) is 24.1 Å². The van der Waals surface area contributed by atoms with Crippen molar-refractivity contribution in [3.05, 3.63) is 29.0 Å². The highest BCUT2D eigenvalue weighted by atomic mass is 35.5. The average Bonchev–Trinajstić information content (AvgIpc) is 2.01. The Morgan fingerprint density at radius 3 is 2.71 bits per heavy atom. The van der Waals surface area contributed by atoms with Crippen molar-refractivity contribution in [2.24, 2.45) is 11.7 Å². The third-order valence-electron chi connectivity index (χ3n) is 2.80. The van der Waals surface area contributed by atoms with E-state index in [1.165, 1.54) is 19.3 Å². The minimum Gasteiger partial charge on any atom is -0.324 e. The fourth-order valence-electron chi connectivity index (χ4n) is 1.70. The summed E-state index contributed by atoms with van der Waals surface area (Å²) in [5.41, 5.74) is 7.07. The Hall–Kier alpha value is -0.310. The largest absolute Gasteiger partial charge is 0.324 e. The van der Waals surface area contributed by atoms with E-state index in [9.17, 15) is 0 Å². The van der Waals surface area contributed by atoms with Crippen LogP contribution in [0, 0.1) is 5.92 Å². The minimum absolute atomic E-state index is 0. The standard InChI is InChI=1S/C10H13ClN2.ClH/c11-10-8(5-2-6-13-10)9(12)7-3-1-4-7;/h2,5-7,9H,1,3-4,12H2;1H/t9-;/m1./s1. The van der Waals surface area contributed by atoms with Crippen LogP contribution in [0.1, 0.15) is 30.9 Å². The number of halogens is 2. The predicted molar refractivity (Wildman–Crippen MR) is 60.8 cm³/mol. The van der Waals surface area contributed by atoms with Crippen LogP contribution in [0.3, 0.4) is 0 Å². The van der Waals surface area contributed by atoms with Crippen LogP contribution >= 0.6 is 24.0 Å². The van der Waals surface area contributed by atoms with Crippen molar-refractivity contribution in [1.82, 2.24) is 4.98 Å². The summed E-state index contributed by atoms with van der Waals surface area (Å²) in [5.74, 6) is 0.613. The van der Waals surface area contributed by atoms with Gasteiger partial charge < -0.3 is 5.73 Å². The normalized spacial score (nSPS) is 18.1. The van der Waals surface area contributed by atoms with Crippen LogP contribution < -0.4 is 5.73 Å². The SMILES string of the molecule is Cl.N[C@@H](c1cccnc1Cl)C1CCC1. The first-order valence-electron chi connectivity index (χ1n) is 4.65. The lowest BCUT2D eigenvalue weighted by Crippen LogP contribution is -2.27. The number of hydrogen-bond acceptors (Lipinski definition) is 2. The second-order valence-corrected chi connectivity index (χ2v) is 3.96. The number of nitrogens with two attached hydrogens (primary N) is 1. The van der Waals surface area contributed by atoms with Gasteiger partial charge in [0, 0.05) is 17.8 Å². The second-order valence-electron chi connectivity index (χ2n) is 3.60. The van der Waals surface area contributed by atoms with Gasteiger partial charge in [-0.3, -0.25) is 0 Å². The van der Waals surface area contributed by atoms with E-state index < -0.39 is 0 Å². The van der Waals surface area contributed by atoms with Gasteiger partial charge in [0.25, 0.3) is 0 Å². The Balaban J connectivity index is 0.000000980. The molecular weight excluding hydrogens is 219 g/mol. The monoisotopic (exact) mass is 232 g/mol. The first kappa shape index (κ1) is 11.8. The van der Waals surface area contributed by atoms with E-state index in [-0.39, 0.29) is 18.4 Å². The van der Waals surface area contributed by atoms with E-state index >= 15 is 0 Å². The Kier molecular flexibility index (Phi) is 4.17. The highest BCUT2D eigenvalue weighted by Gasteiger charge is 2.26. The quantitative estimate of drug-likeness (QED) is 0.797. The lowest BCUT2D eigenvalue weighted by molar-refractivity contribution is 0.264. The zero-order valence-electron chi connectivity index (χ0n) is 7.82. The van der Waals surface area contributed by atoms with Gasteiger partial charge in [0.05, 0.1) is 0 Å². The maximum absolute atomic E-state index is 6.08. The molecule has 1 aromatic rings. The molecule has 2 rings (SSSR count). The molecule has 1 atom stereocenters. The molecule has 0 radical (unpaired) electrons. The summed E-state index contributed by atoms with van der Waals surface area (Å²) in [6.07, 6.45) is 5.45. The predicted octanol–water partition coefficient (Wildman–Crippen LogP) is 2.96. The summed E-state index contributed by atoms with van der Waals surface area (Å²) in [6.45, 7) is 0. The molecule has 0 saturated heterocycles. The van der Waals surface area contributed by atoms with Crippen molar-refractivity contribution < 1.29 is 0 Å². The minimum atomic E-state index is 0. The Labute approximate surface area is 95.3 Å². The molecule has 1 aromatic heterocycles. The molecule has 0 spiro atoms. The lowest BCUT2D eigenvalue weighted by atomic mass is 9.78. The van der Waals surface area contributed by atoms with Crippen LogP contribution in [-0.2, 0) is 0 Å². The highest BCUT2D eigenvalue weighted by molar-refractivity contribution is 6.30. The first-order valence-corrected chi connectivity index (χ1v) is 5.03. The summed E-state index contributed by atoms with van der Waals surface area (Å²) >= 11 is 5.95. The first-order chi connectivity index (χ1) is 6.29. The van der Waals surface area contributed by atoms with Crippen molar-refractivity contribution >= 4 is 24.0 Å². The molecule has 2 nitrogen and oxygen atoms in total. The van der Waals surface area contributed by atoms with Gasteiger partial charge in [0.15, 0.2) is 0 Å². The smallest absolute Gasteiger partial charge is 0.133 e. The molecule has 0 amide bonds. The molecule has 0 aromatic carbocycles. The van der Waals surface area contributed by atoms with Crippen LogP contribution in [0.4, 0.5) is 0 Å². The number of nitrogens with zero attached hydrogens (tertiary/aromatic N) is 1. The Bertz CT molecular complexity index is 300. The van der Waals surface area contributed by atoms with Crippen molar-refractivity contribution in [3.63, 3.8) is 0 Å². The maximum Gasteiger partial charge on any atom is 0.133 e. The van der Waals surface area contributed by atoms with Crippen LogP contribution in [-0.4, -0.2) is 4.98 Å².